The second kappa shape index (κ2) is 5.15. The van der Waals surface area contributed by atoms with Crippen LogP contribution < -0.4 is 0 Å². The lowest BCUT2D eigenvalue weighted by Crippen LogP contribution is -2.40. The highest BCUT2D eigenvalue weighted by Crippen LogP contribution is 2.41. The molecule has 0 bridgehead atoms. The standard InChI is InChI=1S/C14H23N3O2S/c1-3-20(18,19)16-8-6-13(7-9-16)17-11(2)10-15-14(17)12-4-5-12/h10,12-13H,3-9H2,1-2H3. The largest absolute Gasteiger partial charge is 0.329 e. The lowest BCUT2D eigenvalue weighted by Gasteiger charge is -2.33. The second-order valence-corrected chi connectivity index (χ2v) is 8.19. The normalized spacial score (nSPS) is 22.3. The van der Waals surface area contributed by atoms with E-state index in [0.717, 1.165) is 12.8 Å². The van der Waals surface area contributed by atoms with Crippen LogP contribution in [-0.2, 0) is 10.0 Å². The number of sulfonamides is 1. The van der Waals surface area contributed by atoms with Crippen molar-refractivity contribution in [2.75, 3.05) is 18.8 Å². The summed E-state index contributed by atoms with van der Waals surface area (Å²) in [5.41, 5.74) is 1.21. The molecule has 3 rings (SSSR count). The molecule has 112 valence electrons. The number of piperidine rings is 1. The van der Waals surface area contributed by atoms with Crippen molar-refractivity contribution >= 4 is 10.0 Å². The Kier molecular flexibility index (Phi) is 3.62. The van der Waals surface area contributed by atoms with E-state index >= 15 is 0 Å². The fourth-order valence-electron chi connectivity index (χ4n) is 3.14. The van der Waals surface area contributed by atoms with Crippen molar-refractivity contribution < 1.29 is 8.42 Å². The van der Waals surface area contributed by atoms with Gasteiger partial charge in [0.15, 0.2) is 0 Å². The Morgan fingerprint density at radius 3 is 2.45 bits per heavy atom. The molecule has 0 radical (unpaired) electrons. The lowest BCUT2D eigenvalue weighted by atomic mass is 10.1. The summed E-state index contributed by atoms with van der Waals surface area (Å²) in [5.74, 6) is 2.06. The number of aryl methyl sites for hydroxylation is 1. The van der Waals surface area contributed by atoms with Crippen LogP contribution in [0, 0.1) is 6.92 Å². The number of hydrogen-bond acceptors (Lipinski definition) is 3. The predicted octanol–water partition coefficient (Wildman–Crippen LogP) is 2.06. The molecule has 2 aliphatic rings. The van der Waals surface area contributed by atoms with Crippen molar-refractivity contribution in [3.63, 3.8) is 0 Å². The van der Waals surface area contributed by atoms with E-state index in [1.54, 1.807) is 11.2 Å². The highest BCUT2D eigenvalue weighted by Gasteiger charge is 2.33. The molecular formula is C14H23N3O2S. The van der Waals surface area contributed by atoms with Crippen LogP contribution in [0.4, 0.5) is 0 Å². The van der Waals surface area contributed by atoms with Crippen LogP contribution in [0.25, 0.3) is 0 Å². The lowest BCUT2D eigenvalue weighted by molar-refractivity contribution is 0.268. The molecule has 2 fully saturated rings. The minimum Gasteiger partial charge on any atom is -0.329 e. The highest BCUT2D eigenvalue weighted by molar-refractivity contribution is 7.89. The monoisotopic (exact) mass is 297 g/mol. The summed E-state index contributed by atoms with van der Waals surface area (Å²) < 4.78 is 27.8. The van der Waals surface area contributed by atoms with E-state index in [4.69, 9.17) is 0 Å². The summed E-state index contributed by atoms with van der Waals surface area (Å²) in [6.45, 7) is 5.10. The van der Waals surface area contributed by atoms with Gasteiger partial charge in [0.05, 0.1) is 5.75 Å². The Bertz CT molecular complexity index is 582. The molecule has 0 spiro atoms. The van der Waals surface area contributed by atoms with Crippen LogP contribution in [0.2, 0.25) is 0 Å². The Morgan fingerprint density at radius 1 is 1.25 bits per heavy atom. The van der Waals surface area contributed by atoms with Gasteiger partial charge in [0, 0.05) is 36.9 Å². The number of nitrogens with zero attached hydrogens (tertiary/aromatic N) is 3. The van der Waals surface area contributed by atoms with Crippen LogP contribution >= 0.6 is 0 Å². The maximum absolute atomic E-state index is 11.9. The average molecular weight is 297 g/mol. The summed E-state index contributed by atoms with van der Waals surface area (Å²) in [7, 11) is -3.03. The summed E-state index contributed by atoms with van der Waals surface area (Å²) in [6, 6.07) is 0.413. The van der Waals surface area contributed by atoms with E-state index in [2.05, 4.69) is 16.5 Å². The molecule has 5 nitrogen and oxygen atoms in total. The van der Waals surface area contributed by atoms with Crippen LogP contribution in [-0.4, -0.2) is 41.1 Å². The van der Waals surface area contributed by atoms with Crippen molar-refractivity contribution in [2.45, 2.75) is 51.5 Å². The zero-order valence-electron chi connectivity index (χ0n) is 12.2. The zero-order valence-corrected chi connectivity index (χ0v) is 13.1. The topological polar surface area (TPSA) is 55.2 Å². The van der Waals surface area contributed by atoms with Crippen LogP contribution in [0.3, 0.4) is 0 Å². The van der Waals surface area contributed by atoms with Crippen LogP contribution in [0.5, 0.6) is 0 Å². The van der Waals surface area contributed by atoms with Crippen LogP contribution in [0.1, 0.15) is 56.1 Å². The van der Waals surface area contributed by atoms with E-state index in [0.29, 0.717) is 25.0 Å². The molecule has 6 heteroatoms. The van der Waals surface area contributed by atoms with E-state index < -0.39 is 10.0 Å². The van der Waals surface area contributed by atoms with Gasteiger partial charge < -0.3 is 4.57 Å². The van der Waals surface area contributed by atoms with Gasteiger partial charge in [0.2, 0.25) is 10.0 Å². The maximum atomic E-state index is 11.9. The Labute approximate surface area is 121 Å². The van der Waals surface area contributed by atoms with Gasteiger partial charge in [0.1, 0.15) is 5.82 Å². The van der Waals surface area contributed by atoms with Crippen molar-refractivity contribution in [3.8, 4) is 0 Å². The van der Waals surface area contributed by atoms with Gasteiger partial charge in [-0.15, -0.1) is 0 Å². The van der Waals surface area contributed by atoms with E-state index in [-0.39, 0.29) is 5.75 Å². The molecule has 0 amide bonds. The predicted molar refractivity (Wildman–Crippen MR) is 78.2 cm³/mol. The molecule has 1 saturated heterocycles. The van der Waals surface area contributed by atoms with Crippen molar-refractivity contribution in [1.29, 1.82) is 0 Å². The molecule has 0 aromatic carbocycles. The van der Waals surface area contributed by atoms with Gasteiger partial charge in [-0.05, 0) is 39.5 Å². The summed E-state index contributed by atoms with van der Waals surface area (Å²) >= 11 is 0. The number of hydrogen-bond donors (Lipinski definition) is 0. The van der Waals surface area contributed by atoms with Gasteiger partial charge in [-0.2, -0.15) is 0 Å². The first-order chi connectivity index (χ1) is 9.53. The van der Waals surface area contributed by atoms with Gasteiger partial charge >= 0.3 is 0 Å². The third-order valence-electron chi connectivity index (χ3n) is 4.50. The second-order valence-electron chi connectivity index (χ2n) is 5.93. The average Bonchev–Trinajstić information content (AvgIpc) is 3.22. The smallest absolute Gasteiger partial charge is 0.213 e. The Balaban J connectivity index is 1.74. The van der Waals surface area contributed by atoms with E-state index in [1.807, 2.05) is 6.20 Å². The first kappa shape index (κ1) is 14.1. The van der Waals surface area contributed by atoms with Crippen LogP contribution in [0.15, 0.2) is 6.20 Å². The van der Waals surface area contributed by atoms with E-state index in [9.17, 15) is 8.42 Å². The molecule has 0 N–H and O–H groups in total. The highest BCUT2D eigenvalue weighted by atomic mass is 32.2. The van der Waals surface area contributed by atoms with Crippen molar-refractivity contribution in [1.82, 2.24) is 13.9 Å². The summed E-state index contributed by atoms with van der Waals surface area (Å²) in [6.07, 6.45) is 6.26. The quantitative estimate of drug-likeness (QED) is 0.854. The fraction of sp³-hybridized carbons (Fsp3) is 0.786. The first-order valence-corrected chi connectivity index (χ1v) is 9.15. The maximum Gasteiger partial charge on any atom is 0.213 e. The minimum atomic E-state index is -3.03. The molecule has 1 saturated carbocycles. The third-order valence-corrected chi connectivity index (χ3v) is 6.38. The minimum absolute atomic E-state index is 0.203. The van der Waals surface area contributed by atoms with Crippen molar-refractivity contribution in [2.24, 2.45) is 0 Å². The van der Waals surface area contributed by atoms with Gasteiger partial charge in [-0.1, -0.05) is 0 Å². The zero-order chi connectivity index (χ0) is 14.3. The molecule has 1 aliphatic heterocycles. The SMILES string of the molecule is CCS(=O)(=O)N1CCC(n2c(C)cnc2C2CC2)CC1. The molecule has 1 aromatic heterocycles. The van der Waals surface area contributed by atoms with Gasteiger partial charge in [-0.3, -0.25) is 0 Å². The number of imidazole rings is 1. The first-order valence-electron chi connectivity index (χ1n) is 7.54. The summed E-state index contributed by atoms with van der Waals surface area (Å²) in [5, 5.41) is 0. The van der Waals surface area contributed by atoms with Gasteiger partial charge in [0.25, 0.3) is 0 Å². The number of aromatic nitrogens is 2. The van der Waals surface area contributed by atoms with Gasteiger partial charge in [-0.25, -0.2) is 17.7 Å². The van der Waals surface area contributed by atoms with Crippen molar-refractivity contribution in [3.05, 3.63) is 17.7 Å². The summed E-state index contributed by atoms with van der Waals surface area (Å²) in [4.78, 5) is 4.57. The molecule has 1 aliphatic carbocycles. The molecule has 1 aromatic rings. The molecule has 0 atom stereocenters. The molecule has 2 heterocycles. The third kappa shape index (κ3) is 2.51. The Hall–Kier alpha value is -0.880. The number of rotatable bonds is 4. The van der Waals surface area contributed by atoms with E-state index in [1.165, 1.54) is 24.4 Å². The Morgan fingerprint density at radius 2 is 1.90 bits per heavy atom. The molecule has 20 heavy (non-hydrogen) atoms. The fourth-order valence-corrected chi connectivity index (χ4v) is 4.28. The molecular weight excluding hydrogens is 274 g/mol. The molecule has 0 unspecified atom stereocenters.